The molecule has 0 unspecified atom stereocenters. The zero-order valence-electron chi connectivity index (χ0n) is 5.41. The molecular formula is C6H8O4. The Morgan fingerprint density at radius 2 is 2.10 bits per heavy atom. The Morgan fingerprint density at radius 1 is 1.50 bits per heavy atom. The molecule has 1 rings (SSSR count). The number of rotatable bonds is 2. The van der Waals surface area contributed by atoms with Gasteiger partial charge < -0.3 is 14.3 Å². The van der Waals surface area contributed by atoms with Crippen LogP contribution in [-0.2, 0) is 14.3 Å². The lowest BCUT2D eigenvalue weighted by Gasteiger charge is -2.19. The van der Waals surface area contributed by atoms with Gasteiger partial charge in [-0.15, -0.1) is 0 Å². The second kappa shape index (κ2) is 3.20. The van der Waals surface area contributed by atoms with E-state index in [4.69, 9.17) is 0 Å². The summed E-state index contributed by atoms with van der Waals surface area (Å²) in [5.41, 5.74) is 0. The molecule has 4 nitrogen and oxygen atoms in total. The van der Waals surface area contributed by atoms with Crippen molar-refractivity contribution in [1.82, 2.24) is 0 Å². The van der Waals surface area contributed by atoms with Crippen LogP contribution in [0.3, 0.4) is 0 Å². The van der Waals surface area contributed by atoms with E-state index in [1.165, 1.54) is 0 Å². The van der Waals surface area contributed by atoms with Crippen LogP contribution in [0.1, 0.15) is 6.42 Å². The number of cyclic esters (lactones) is 2. The molecule has 0 atom stereocenters. The van der Waals surface area contributed by atoms with E-state index in [-0.39, 0.29) is 5.92 Å². The number of carbonyl (C=O) groups is 2. The van der Waals surface area contributed by atoms with Crippen LogP contribution in [-0.4, -0.2) is 25.7 Å². The SMILES string of the molecule is O=CCC1COC(=O)OC1. The van der Waals surface area contributed by atoms with E-state index in [0.29, 0.717) is 19.6 Å². The Kier molecular flexibility index (Phi) is 2.25. The lowest BCUT2D eigenvalue weighted by Crippen LogP contribution is -2.27. The van der Waals surface area contributed by atoms with Crippen molar-refractivity contribution in [2.45, 2.75) is 6.42 Å². The average molecular weight is 144 g/mol. The molecule has 0 saturated carbocycles. The van der Waals surface area contributed by atoms with Gasteiger partial charge in [0.1, 0.15) is 19.5 Å². The second-order valence-electron chi connectivity index (χ2n) is 2.14. The summed E-state index contributed by atoms with van der Waals surface area (Å²) in [6.07, 6.45) is 0.558. The molecule has 10 heavy (non-hydrogen) atoms. The Bertz CT molecular complexity index is 133. The smallest absolute Gasteiger partial charge is 0.434 e. The van der Waals surface area contributed by atoms with Crippen LogP contribution in [0.15, 0.2) is 0 Å². The van der Waals surface area contributed by atoms with Crippen molar-refractivity contribution in [2.24, 2.45) is 5.92 Å². The zero-order chi connectivity index (χ0) is 7.40. The third kappa shape index (κ3) is 1.72. The summed E-state index contributed by atoms with van der Waals surface area (Å²) in [5, 5.41) is 0. The van der Waals surface area contributed by atoms with Crippen LogP contribution in [0.25, 0.3) is 0 Å². The van der Waals surface area contributed by atoms with Gasteiger partial charge in [0.25, 0.3) is 0 Å². The Balaban J connectivity index is 2.25. The van der Waals surface area contributed by atoms with Crippen molar-refractivity contribution >= 4 is 12.4 Å². The van der Waals surface area contributed by atoms with Gasteiger partial charge in [-0.2, -0.15) is 0 Å². The predicted octanol–water partition coefficient (Wildman–Crippen LogP) is 0.358. The maximum absolute atomic E-state index is 10.3. The summed E-state index contributed by atoms with van der Waals surface area (Å²) in [7, 11) is 0. The molecule has 1 saturated heterocycles. The first-order chi connectivity index (χ1) is 4.83. The van der Waals surface area contributed by atoms with Gasteiger partial charge in [0.2, 0.25) is 0 Å². The van der Waals surface area contributed by atoms with E-state index >= 15 is 0 Å². The molecular weight excluding hydrogens is 136 g/mol. The fourth-order valence-electron chi connectivity index (χ4n) is 0.734. The fraction of sp³-hybridized carbons (Fsp3) is 0.667. The summed E-state index contributed by atoms with van der Waals surface area (Å²) in [4.78, 5) is 20.2. The molecule has 56 valence electrons. The van der Waals surface area contributed by atoms with E-state index in [1.807, 2.05) is 0 Å². The van der Waals surface area contributed by atoms with Crippen LogP contribution in [0.4, 0.5) is 4.79 Å². The molecule has 0 aromatic rings. The Hall–Kier alpha value is -1.06. The van der Waals surface area contributed by atoms with Gasteiger partial charge in [-0.05, 0) is 0 Å². The standard InChI is InChI=1S/C6H8O4/c7-2-1-5-3-9-6(8)10-4-5/h2,5H,1,3-4H2. The summed E-state index contributed by atoms with van der Waals surface area (Å²) in [5.74, 6) is 0.0511. The third-order valence-electron chi connectivity index (χ3n) is 1.30. The van der Waals surface area contributed by atoms with Gasteiger partial charge in [-0.25, -0.2) is 4.79 Å². The first kappa shape index (κ1) is 7.05. The average Bonchev–Trinajstić information content (AvgIpc) is 1.95. The quantitative estimate of drug-likeness (QED) is 0.414. The third-order valence-corrected chi connectivity index (χ3v) is 1.30. The Labute approximate surface area is 58.1 Å². The molecule has 0 aromatic heterocycles. The topological polar surface area (TPSA) is 52.6 Å². The predicted molar refractivity (Wildman–Crippen MR) is 31.5 cm³/mol. The minimum absolute atomic E-state index is 0.0511. The highest BCUT2D eigenvalue weighted by Crippen LogP contribution is 2.09. The minimum Gasteiger partial charge on any atom is -0.434 e. The largest absolute Gasteiger partial charge is 0.508 e. The zero-order valence-corrected chi connectivity index (χ0v) is 5.41. The van der Waals surface area contributed by atoms with Gasteiger partial charge in [-0.1, -0.05) is 0 Å². The van der Waals surface area contributed by atoms with Crippen LogP contribution in [0.5, 0.6) is 0 Å². The lowest BCUT2D eigenvalue weighted by atomic mass is 10.1. The van der Waals surface area contributed by atoms with Crippen molar-refractivity contribution in [3.63, 3.8) is 0 Å². The van der Waals surface area contributed by atoms with E-state index < -0.39 is 6.16 Å². The van der Waals surface area contributed by atoms with Crippen molar-refractivity contribution in [1.29, 1.82) is 0 Å². The van der Waals surface area contributed by atoms with E-state index in [9.17, 15) is 9.59 Å². The van der Waals surface area contributed by atoms with Gasteiger partial charge in [0, 0.05) is 12.3 Å². The first-order valence-electron chi connectivity index (χ1n) is 3.06. The molecule has 0 bridgehead atoms. The van der Waals surface area contributed by atoms with Crippen molar-refractivity contribution in [3.05, 3.63) is 0 Å². The molecule has 0 N–H and O–H groups in total. The van der Waals surface area contributed by atoms with Crippen molar-refractivity contribution < 1.29 is 19.1 Å². The molecule has 1 aliphatic rings. The van der Waals surface area contributed by atoms with E-state index in [0.717, 1.165) is 6.29 Å². The van der Waals surface area contributed by atoms with E-state index in [1.54, 1.807) is 0 Å². The summed E-state index contributed by atoms with van der Waals surface area (Å²) >= 11 is 0. The molecule has 0 amide bonds. The summed E-state index contributed by atoms with van der Waals surface area (Å²) in [6, 6.07) is 0. The van der Waals surface area contributed by atoms with Gasteiger partial charge in [0.05, 0.1) is 0 Å². The molecule has 0 radical (unpaired) electrons. The molecule has 1 fully saturated rings. The van der Waals surface area contributed by atoms with Gasteiger partial charge >= 0.3 is 6.16 Å². The van der Waals surface area contributed by atoms with E-state index in [2.05, 4.69) is 9.47 Å². The number of hydrogen-bond acceptors (Lipinski definition) is 4. The number of ether oxygens (including phenoxy) is 2. The summed E-state index contributed by atoms with van der Waals surface area (Å²) < 4.78 is 9.05. The molecule has 4 heteroatoms. The second-order valence-corrected chi connectivity index (χ2v) is 2.14. The van der Waals surface area contributed by atoms with Crippen LogP contribution in [0, 0.1) is 5.92 Å². The van der Waals surface area contributed by atoms with Crippen LogP contribution >= 0.6 is 0 Å². The highest BCUT2D eigenvalue weighted by Gasteiger charge is 2.19. The molecule has 1 aliphatic heterocycles. The maximum atomic E-state index is 10.3. The Morgan fingerprint density at radius 3 is 2.60 bits per heavy atom. The van der Waals surface area contributed by atoms with Crippen molar-refractivity contribution in [3.8, 4) is 0 Å². The number of carbonyl (C=O) groups excluding carboxylic acids is 2. The molecule has 0 aromatic carbocycles. The van der Waals surface area contributed by atoms with Crippen LogP contribution < -0.4 is 0 Å². The van der Waals surface area contributed by atoms with Gasteiger partial charge in [0.15, 0.2) is 0 Å². The lowest BCUT2D eigenvalue weighted by molar-refractivity contribution is -0.110. The fourth-order valence-corrected chi connectivity index (χ4v) is 0.734. The molecule has 1 heterocycles. The van der Waals surface area contributed by atoms with Crippen LogP contribution in [0.2, 0.25) is 0 Å². The highest BCUT2D eigenvalue weighted by molar-refractivity contribution is 5.60. The highest BCUT2D eigenvalue weighted by atomic mass is 16.7. The minimum atomic E-state index is -0.637. The number of hydrogen-bond donors (Lipinski definition) is 0. The monoisotopic (exact) mass is 144 g/mol. The molecule has 0 spiro atoms. The summed E-state index contributed by atoms with van der Waals surface area (Å²) in [6.45, 7) is 0.606. The number of aldehydes is 1. The first-order valence-corrected chi connectivity index (χ1v) is 3.06. The molecule has 0 aliphatic carbocycles. The van der Waals surface area contributed by atoms with Crippen molar-refractivity contribution in [2.75, 3.05) is 13.2 Å². The normalized spacial score (nSPS) is 19.4. The van der Waals surface area contributed by atoms with Gasteiger partial charge in [-0.3, -0.25) is 0 Å². The maximum Gasteiger partial charge on any atom is 0.508 e.